The minimum atomic E-state index is 0. The van der Waals surface area contributed by atoms with Crippen LogP contribution in [0.15, 0.2) is 30.3 Å². The van der Waals surface area contributed by atoms with Crippen molar-refractivity contribution in [1.82, 2.24) is 15.1 Å². The number of rotatable bonds is 5. The fraction of sp³-hybridized carbons (Fsp3) is 0.588. The van der Waals surface area contributed by atoms with Gasteiger partial charge in [0.15, 0.2) is 0 Å². The summed E-state index contributed by atoms with van der Waals surface area (Å²) in [5.74, 6) is 0.295. The molecule has 5 heteroatoms. The van der Waals surface area contributed by atoms with Crippen LogP contribution in [0.2, 0.25) is 0 Å². The average Bonchev–Trinajstić information content (AvgIpc) is 3.33. The van der Waals surface area contributed by atoms with E-state index in [-0.39, 0.29) is 12.4 Å². The smallest absolute Gasteiger partial charge is 0.237 e. The molecule has 22 heavy (non-hydrogen) atoms. The number of nitrogens with one attached hydrogen (secondary N) is 1. The van der Waals surface area contributed by atoms with Crippen molar-refractivity contribution in [2.75, 3.05) is 32.7 Å². The van der Waals surface area contributed by atoms with Gasteiger partial charge in [0.05, 0.1) is 6.54 Å². The van der Waals surface area contributed by atoms with Gasteiger partial charge < -0.3 is 10.2 Å². The predicted molar refractivity (Wildman–Crippen MR) is 91.2 cm³/mol. The van der Waals surface area contributed by atoms with Crippen LogP contribution in [-0.4, -0.2) is 54.5 Å². The third kappa shape index (κ3) is 4.97. The van der Waals surface area contributed by atoms with Gasteiger partial charge in [0.25, 0.3) is 0 Å². The molecule has 1 N–H and O–H groups in total. The Morgan fingerprint density at radius 1 is 1.18 bits per heavy atom. The van der Waals surface area contributed by atoms with Crippen LogP contribution in [0.25, 0.3) is 0 Å². The first-order valence-corrected chi connectivity index (χ1v) is 8.09. The van der Waals surface area contributed by atoms with Gasteiger partial charge in [0, 0.05) is 25.7 Å². The van der Waals surface area contributed by atoms with Crippen LogP contribution >= 0.6 is 12.4 Å². The summed E-state index contributed by atoms with van der Waals surface area (Å²) in [5, 5.41) is 3.39. The second-order valence-corrected chi connectivity index (χ2v) is 6.12. The summed E-state index contributed by atoms with van der Waals surface area (Å²) in [6, 6.07) is 10.8. The lowest BCUT2D eigenvalue weighted by atomic mass is 10.2. The van der Waals surface area contributed by atoms with Gasteiger partial charge in [-0.15, -0.1) is 12.4 Å². The first kappa shape index (κ1) is 17.3. The molecule has 1 saturated carbocycles. The van der Waals surface area contributed by atoms with Gasteiger partial charge in [0.2, 0.25) is 5.91 Å². The van der Waals surface area contributed by atoms with Gasteiger partial charge in [-0.2, -0.15) is 0 Å². The van der Waals surface area contributed by atoms with E-state index in [0.717, 1.165) is 39.1 Å². The molecule has 1 aliphatic carbocycles. The molecule has 4 nitrogen and oxygen atoms in total. The maximum absolute atomic E-state index is 12.7. The van der Waals surface area contributed by atoms with Crippen molar-refractivity contribution in [3.05, 3.63) is 35.9 Å². The summed E-state index contributed by atoms with van der Waals surface area (Å²) in [7, 11) is 0. The number of nitrogens with zero attached hydrogens (tertiary/aromatic N) is 2. The van der Waals surface area contributed by atoms with Crippen molar-refractivity contribution < 1.29 is 4.79 Å². The van der Waals surface area contributed by atoms with Gasteiger partial charge in [-0.25, -0.2) is 0 Å². The molecule has 1 heterocycles. The first-order chi connectivity index (χ1) is 10.3. The minimum absolute atomic E-state index is 0. The van der Waals surface area contributed by atoms with E-state index >= 15 is 0 Å². The Balaban J connectivity index is 0.00000176. The third-order valence-electron chi connectivity index (χ3n) is 4.30. The summed E-state index contributed by atoms with van der Waals surface area (Å²) in [6.45, 7) is 5.41. The van der Waals surface area contributed by atoms with E-state index in [2.05, 4.69) is 27.2 Å². The highest BCUT2D eigenvalue weighted by Gasteiger charge is 2.33. The topological polar surface area (TPSA) is 35.6 Å². The zero-order valence-corrected chi connectivity index (χ0v) is 13.9. The molecule has 1 aromatic rings. The molecule has 2 fully saturated rings. The maximum Gasteiger partial charge on any atom is 0.237 e. The van der Waals surface area contributed by atoms with E-state index in [1.54, 1.807) is 0 Å². The lowest BCUT2D eigenvalue weighted by Crippen LogP contribution is -2.42. The Bertz CT molecular complexity index is 456. The van der Waals surface area contributed by atoms with Gasteiger partial charge in [-0.3, -0.25) is 9.69 Å². The molecular formula is C17H26ClN3O. The molecule has 0 atom stereocenters. The number of hydrogen-bond acceptors (Lipinski definition) is 3. The first-order valence-electron chi connectivity index (χ1n) is 8.09. The quantitative estimate of drug-likeness (QED) is 0.899. The fourth-order valence-corrected chi connectivity index (χ4v) is 2.93. The summed E-state index contributed by atoms with van der Waals surface area (Å²) in [5.41, 5.74) is 1.23. The van der Waals surface area contributed by atoms with Crippen molar-refractivity contribution in [3.63, 3.8) is 0 Å². The van der Waals surface area contributed by atoms with Crippen LogP contribution in [0.1, 0.15) is 24.8 Å². The summed E-state index contributed by atoms with van der Waals surface area (Å²) in [4.78, 5) is 17.1. The van der Waals surface area contributed by atoms with Crippen LogP contribution in [-0.2, 0) is 11.3 Å². The molecule has 0 radical (unpaired) electrons. The zero-order chi connectivity index (χ0) is 14.5. The molecular weight excluding hydrogens is 298 g/mol. The van der Waals surface area contributed by atoms with Crippen LogP contribution in [0.5, 0.6) is 0 Å². The second-order valence-electron chi connectivity index (χ2n) is 6.12. The highest BCUT2D eigenvalue weighted by Crippen LogP contribution is 2.28. The van der Waals surface area contributed by atoms with Crippen LogP contribution < -0.4 is 5.32 Å². The van der Waals surface area contributed by atoms with E-state index in [0.29, 0.717) is 18.5 Å². The standard InChI is InChI=1S/C17H25N3O.ClH/c21-17(14-19-11-4-9-18-10-12-19)20(16-7-8-16)13-15-5-2-1-3-6-15;/h1-3,5-6,16,18H,4,7-14H2;1H. The molecule has 1 amide bonds. The minimum Gasteiger partial charge on any atom is -0.334 e. The number of hydrogen-bond donors (Lipinski definition) is 1. The predicted octanol–water partition coefficient (Wildman–Crippen LogP) is 1.89. The van der Waals surface area contributed by atoms with Gasteiger partial charge in [-0.05, 0) is 37.9 Å². The molecule has 1 aromatic carbocycles. The fourth-order valence-electron chi connectivity index (χ4n) is 2.93. The lowest BCUT2D eigenvalue weighted by molar-refractivity contribution is -0.133. The second kappa shape index (κ2) is 8.51. The summed E-state index contributed by atoms with van der Waals surface area (Å²) < 4.78 is 0. The highest BCUT2D eigenvalue weighted by atomic mass is 35.5. The molecule has 0 unspecified atom stereocenters. The Morgan fingerprint density at radius 2 is 1.95 bits per heavy atom. The third-order valence-corrected chi connectivity index (χ3v) is 4.30. The van der Waals surface area contributed by atoms with Crippen molar-refractivity contribution in [2.45, 2.75) is 31.8 Å². The average molecular weight is 324 g/mol. The summed E-state index contributed by atoms with van der Waals surface area (Å²) >= 11 is 0. The molecule has 1 saturated heterocycles. The molecule has 3 rings (SSSR count). The van der Waals surface area contributed by atoms with E-state index in [9.17, 15) is 4.79 Å². The van der Waals surface area contributed by atoms with Crippen molar-refractivity contribution in [2.24, 2.45) is 0 Å². The monoisotopic (exact) mass is 323 g/mol. The van der Waals surface area contributed by atoms with E-state index in [1.807, 2.05) is 18.2 Å². The van der Waals surface area contributed by atoms with E-state index in [1.165, 1.54) is 18.4 Å². The molecule has 2 aliphatic rings. The zero-order valence-electron chi connectivity index (χ0n) is 13.0. The number of amides is 1. The molecule has 0 bridgehead atoms. The normalized spacial score (nSPS) is 19.1. The van der Waals surface area contributed by atoms with Crippen LogP contribution in [0, 0.1) is 0 Å². The Morgan fingerprint density at radius 3 is 2.68 bits per heavy atom. The van der Waals surface area contributed by atoms with Gasteiger partial charge in [0.1, 0.15) is 0 Å². The largest absolute Gasteiger partial charge is 0.334 e. The van der Waals surface area contributed by atoms with Crippen LogP contribution in [0.4, 0.5) is 0 Å². The SMILES string of the molecule is Cl.O=C(CN1CCCNCC1)N(Cc1ccccc1)C1CC1. The molecule has 1 aliphatic heterocycles. The number of carbonyl (C=O) groups is 1. The Labute approximate surface area is 139 Å². The van der Waals surface area contributed by atoms with Crippen molar-refractivity contribution in [1.29, 1.82) is 0 Å². The Kier molecular flexibility index (Phi) is 6.68. The van der Waals surface area contributed by atoms with Crippen molar-refractivity contribution in [3.8, 4) is 0 Å². The Hall–Kier alpha value is -1.10. The lowest BCUT2D eigenvalue weighted by Gasteiger charge is -2.26. The number of benzene rings is 1. The van der Waals surface area contributed by atoms with Crippen LogP contribution in [0.3, 0.4) is 0 Å². The number of carbonyl (C=O) groups excluding carboxylic acids is 1. The molecule has 0 spiro atoms. The molecule has 0 aromatic heterocycles. The number of halogens is 1. The molecule has 122 valence electrons. The summed E-state index contributed by atoms with van der Waals surface area (Å²) in [6.07, 6.45) is 3.47. The van der Waals surface area contributed by atoms with Gasteiger partial charge in [-0.1, -0.05) is 30.3 Å². The maximum atomic E-state index is 12.7. The van der Waals surface area contributed by atoms with E-state index < -0.39 is 0 Å². The van der Waals surface area contributed by atoms with E-state index in [4.69, 9.17) is 0 Å². The highest BCUT2D eigenvalue weighted by molar-refractivity contribution is 5.85. The van der Waals surface area contributed by atoms with Crippen molar-refractivity contribution >= 4 is 18.3 Å². The van der Waals surface area contributed by atoms with Gasteiger partial charge >= 0.3 is 0 Å².